The Morgan fingerprint density at radius 3 is 2.29 bits per heavy atom. The summed E-state index contributed by atoms with van der Waals surface area (Å²) in [4.78, 5) is 22.2. The molecule has 0 atom stereocenters. The van der Waals surface area contributed by atoms with Crippen LogP contribution in [-0.4, -0.2) is 44.9 Å². The summed E-state index contributed by atoms with van der Waals surface area (Å²) in [5.74, 6) is -1.04. The van der Waals surface area contributed by atoms with Gasteiger partial charge in [0.05, 0.1) is 11.8 Å². The molecule has 2 amide bonds. The minimum atomic E-state index is -3.21. The van der Waals surface area contributed by atoms with Crippen molar-refractivity contribution in [3.8, 4) is 0 Å². The quantitative estimate of drug-likeness (QED) is 0.544. The monoisotopic (exact) mass is 315 g/mol. The van der Waals surface area contributed by atoms with Crippen molar-refractivity contribution in [1.82, 2.24) is 10.0 Å². The molecule has 0 aromatic heterocycles. The second kappa shape index (κ2) is 7.60. The van der Waals surface area contributed by atoms with Gasteiger partial charge in [0.15, 0.2) is 0 Å². The largest absolute Gasteiger partial charge is 0.478 e. The van der Waals surface area contributed by atoms with Crippen molar-refractivity contribution < 1.29 is 23.1 Å². The van der Waals surface area contributed by atoms with Gasteiger partial charge in [0, 0.05) is 18.8 Å². The van der Waals surface area contributed by atoms with E-state index in [0.29, 0.717) is 18.7 Å². The van der Waals surface area contributed by atoms with Crippen LogP contribution in [0.1, 0.15) is 16.8 Å². The molecule has 0 aliphatic heterocycles. The van der Waals surface area contributed by atoms with Crippen molar-refractivity contribution in [3.05, 3.63) is 29.8 Å². The first-order valence-corrected chi connectivity index (χ1v) is 8.00. The van der Waals surface area contributed by atoms with Gasteiger partial charge in [0.2, 0.25) is 10.0 Å². The molecule has 9 heteroatoms. The number of anilines is 1. The van der Waals surface area contributed by atoms with Crippen molar-refractivity contribution in [2.75, 3.05) is 24.7 Å². The van der Waals surface area contributed by atoms with Crippen LogP contribution in [0.4, 0.5) is 10.5 Å². The third-order valence-corrected chi connectivity index (χ3v) is 3.12. The average Bonchev–Trinajstić information content (AvgIpc) is 2.37. The summed E-state index contributed by atoms with van der Waals surface area (Å²) in [5, 5.41) is 13.8. The zero-order chi connectivity index (χ0) is 15.9. The molecule has 0 unspecified atom stereocenters. The van der Waals surface area contributed by atoms with Crippen LogP contribution < -0.4 is 15.4 Å². The van der Waals surface area contributed by atoms with E-state index in [4.69, 9.17) is 5.11 Å². The summed E-state index contributed by atoms with van der Waals surface area (Å²) >= 11 is 0. The predicted octanol–water partition coefficient (Wildman–Crippen LogP) is 0.446. The number of urea groups is 1. The molecule has 0 aliphatic carbocycles. The summed E-state index contributed by atoms with van der Waals surface area (Å²) in [6.07, 6.45) is 1.52. The second-order valence-corrected chi connectivity index (χ2v) is 6.12. The number of rotatable bonds is 7. The molecule has 0 fully saturated rings. The highest BCUT2D eigenvalue weighted by molar-refractivity contribution is 7.88. The van der Waals surface area contributed by atoms with Gasteiger partial charge in [-0.2, -0.15) is 0 Å². The van der Waals surface area contributed by atoms with Crippen LogP contribution in [-0.2, 0) is 10.0 Å². The number of nitrogens with one attached hydrogen (secondary N) is 3. The number of carbonyl (C=O) groups excluding carboxylic acids is 1. The zero-order valence-corrected chi connectivity index (χ0v) is 12.2. The average molecular weight is 315 g/mol. The van der Waals surface area contributed by atoms with Crippen molar-refractivity contribution in [1.29, 1.82) is 0 Å². The zero-order valence-electron chi connectivity index (χ0n) is 11.4. The lowest BCUT2D eigenvalue weighted by molar-refractivity contribution is 0.0697. The SMILES string of the molecule is CS(=O)(=O)NCCCNC(=O)Nc1ccc(C(=O)O)cc1. The van der Waals surface area contributed by atoms with Gasteiger partial charge in [-0.05, 0) is 30.7 Å². The highest BCUT2D eigenvalue weighted by atomic mass is 32.2. The molecule has 0 spiro atoms. The van der Waals surface area contributed by atoms with E-state index in [0.717, 1.165) is 6.26 Å². The molecule has 0 heterocycles. The van der Waals surface area contributed by atoms with Crippen LogP contribution >= 0.6 is 0 Å². The van der Waals surface area contributed by atoms with Gasteiger partial charge < -0.3 is 15.7 Å². The number of aromatic carboxylic acids is 1. The Bertz CT molecular complexity index is 598. The summed E-state index contributed by atoms with van der Waals surface area (Å²) < 4.78 is 23.9. The molecule has 4 N–H and O–H groups in total. The van der Waals surface area contributed by atoms with Gasteiger partial charge in [-0.15, -0.1) is 0 Å². The van der Waals surface area contributed by atoms with E-state index < -0.39 is 22.0 Å². The van der Waals surface area contributed by atoms with Gasteiger partial charge in [0.25, 0.3) is 0 Å². The summed E-state index contributed by atoms with van der Waals surface area (Å²) in [5.41, 5.74) is 0.597. The van der Waals surface area contributed by atoms with E-state index in [-0.39, 0.29) is 12.1 Å². The van der Waals surface area contributed by atoms with Gasteiger partial charge in [-0.3, -0.25) is 0 Å². The number of amides is 2. The Morgan fingerprint density at radius 1 is 1.14 bits per heavy atom. The molecular weight excluding hydrogens is 298 g/mol. The maximum atomic E-state index is 11.5. The van der Waals surface area contributed by atoms with Crippen LogP contribution in [0.25, 0.3) is 0 Å². The highest BCUT2D eigenvalue weighted by Gasteiger charge is 2.04. The third-order valence-electron chi connectivity index (χ3n) is 2.39. The maximum Gasteiger partial charge on any atom is 0.335 e. The van der Waals surface area contributed by atoms with E-state index in [1.165, 1.54) is 24.3 Å². The first kappa shape index (κ1) is 16.9. The lowest BCUT2D eigenvalue weighted by atomic mass is 10.2. The van der Waals surface area contributed by atoms with Crippen LogP contribution in [0.5, 0.6) is 0 Å². The smallest absolute Gasteiger partial charge is 0.335 e. The fourth-order valence-electron chi connectivity index (χ4n) is 1.42. The Kier molecular flexibility index (Phi) is 6.12. The predicted molar refractivity (Wildman–Crippen MR) is 77.9 cm³/mol. The first-order valence-electron chi connectivity index (χ1n) is 6.11. The molecule has 0 radical (unpaired) electrons. The Morgan fingerprint density at radius 2 is 1.76 bits per heavy atom. The maximum absolute atomic E-state index is 11.5. The lowest BCUT2D eigenvalue weighted by Gasteiger charge is -2.08. The standard InChI is InChI=1S/C12H17N3O5S/c1-21(19,20)14-8-2-7-13-12(18)15-10-5-3-9(4-6-10)11(16)17/h3-6,14H,2,7-8H2,1H3,(H,16,17)(H2,13,15,18). The van der Waals surface area contributed by atoms with E-state index in [1.54, 1.807) is 0 Å². The van der Waals surface area contributed by atoms with Gasteiger partial charge >= 0.3 is 12.0 Å². The highest BCUT2D eigenvalue weighted by Crippen LogP contribution is 2.09. The second-order valence-electron chi connectivity index (χ2n) is 4.28. The first-order chi connectivity index (χ1) is 9.78. The summed E-state index contributed by atoms with van der Waals surface area (Å²) in [7, 11) is -3.21. The molecule has 0 saturated carbocycles. The molecule has 1 aromatic carbocycles. The summed E-state index contributed by atoms with van der Waals surface area (Å²) in [6.45, 7) is 0.550. The third kappa shape index (κ3) is 7.28. The fourth-order valence-corrected chi connectivity index (χ4v) is 1.93. The minimum Gasteiger partial charge on any atom is -0.478 e. The van der Waals surface area contributed by atoms with Gasteiger partial charge in [-0.1, -0.05) is 0 Å². The Hall–Kier alpha value is -2.13. The van der Waals surface area contributed by atoms with Crippen molar-refractivity contribution in [2.45, 2.75) is 6.42 Å². The van der Waals surface area contributed by atoms with Gasteiger partial charge in [-0.25, -0.2) is 22.7 Å². The number of benzene rings is 1. The minimum absolute atomic E-state index is 0.132. The molecule has 21 heavy (non-hydrogen) atoms. The van der Waals surface area contributed by atoms with E-state index in [2.05, 4.69) is 15.4 Å². The van der Waals surface area contributed by atoms with Crippen LogP contribution in [0.3, 0.4) is 0 Å². The number of carbonyl (C=O) groups is 2. The molecule has 8 nitrogen and oxygen atoms in total. The number of carboxylic acid groups (broad SMARTS) is 1. The molecule has 1 aromatic rings. The molecule has 0 bridgehead atoms. The molecule has 0 aliphatic rings. The number of hydrogen-bond donors (Lipinski definition) is 4. The number of hydrogen-bond acceptors (Lipinski definition) is 4. The number of carboxylic acids is 1. The molecular formula is C12H17N3O5S. The summed E-state index contributed by atoms with van der Waals surface area (Å²) in [6, 6.07) is 5.28. The normalized spacial score (nSPS) is 10.9. The van der Waals surface area contributed by atoms with Crippen molar-refractivity contribution in [2.24, 2.45) is 0 Å². The lowest BCUT2D eigenvalue weighted by Crippen LogP contribution is -2.32. The fraction of sp³-hybridized carbons (Fsp3) is 0.333. The molecule has 116 valence electrons. The van der Waals surface area contributed by atoms with Crippen LogP contribution in [0, 0.1) is 0 Å². The van der Waals surface area contributed by atoms with Crippen molar-refractivity contribution >= 4 is 27.7 Å². The molecule has 0 saturated heterocycles. The van der Waals surface area contributed by atoms with Crippen molar-refractivity contribution in [3.63, 3.8) is 0 Å². The Balaban J connectivity index is 2.29. The van der Waals surface area contributed by atoms with Crippen LogP contribution in [0.15, 0.2) is 24.3 Å². The van der Waals surface area contributed by atoms with Crippen LogP contribution in [0.2, 0.25) is 0 Å². The molecule has 1 rings (SSSR count). The topological polar surface area (TPSA) is 125 Å². The van der Waals surface area contributed by atoms with Gasteiger partial charge in [0.1, 0.15) is 0 Å². The van der Waals surface area contributed by atoms with E-state index in [1.807, 2.05) is 0 Å². The van der Waals surface area contributed by atoms with E-state index in [9.17, 15) is 18.0 Å². The Labute approximate surface area is 122 Å². The van der Waals surface area contributed by atoms with E-state index >= 15 is 0 Å². The number of sulfonamides is 1.